The predicted molar refractivity (Wildman–Crippen MR) is 76.2 cm³/mol. The number of rotatable bonds is 1. The minimum Gasteiger partial charge on any atom is -0.363 e. The Hall–Kier alpha value is -1.36. The molecule has 1 heterocycles. The van der Waals surface area contributed by atoms with Crippen LogP contribution in [0.25, 0.3) is 0 Å². The molecule has 2 unspecified atom stereocenters. The number of anilines is 1. The Kier molecular flexibility index (Phi) is 3.32. The van der Waals surface area contributed by atoms with Gasteiger partial charge in [0.15, 0.2) is 0 Å². The Morgan fingerprint density at radius 1 is 1.25 bits per heavy atom. The van der Waals surface area contributed by atoms with Crippen molar-refractivity contribution in [3.63, 3.8) is 0 Å². The molecule has 0 N–H and O–H groups in total. The van der Waals surface area contributed by atoms with E-state index in [0.29, 0.717) is 6.54 Å². The molecule has 0 aromatic heterocycles. The van der Waals surface area contributed by atoms with E-state index in [4.69, 9.17) is 0 Å². The smallest absolute Gasteiger partial charge is 0.363 e. The van der Waals surface area contributed by atoms with Crippen LogP contribution in [0, 0.1) is 0 Å². The van der Waals surface area contributed by atoms with Crippen molar-refractivity contribution in [3.8, 4) is 0 Å². The highest BCUT2D eigenvalue weighted by Gasteiger charge is 2.39. The van der Waals surface area contributed by atoms with Gasteiger partial charge in [-0.2, -0.15) is 13.2 Å². The summed E-state index contributed by atoms with van der Waals surface area (Å²) in [6.07, 6.45) is -0.0354. The molecule has 2 aliphatic rings. The van der Waals surface area contributed by atoms with Crippen molar-refractivity contribution in [2.24, 2.45) is 0 Å². The first kappa shape index (κ1) is 13.6. The number of alkyl halides is 3. The summed E-state index contributed by atoms with van der Waals surface area (Å²) in [7, 11) is 0. The van der Waals surface area contributed by atoms with Crippen molar-refractivity contribution in [3.05, 3.63) is 48.1 Å². The molecule has 0 fully saturated rings. The zero-order valence-corrected chi connectivity index (χ0v) is 11.7. The van der Waals surface area contributed by atoms with Crippen LogP contribution in [0.3, 0.4) is 0 Å². The fourth-order valence-corrected chi connectivity index (χ4v) is 3.97. The monoisotopic (exact) mass is 297 g/mol. The second kappa shape index (κ2) is 4.88. The molecule has 0 bridgehead atoms. The van der Waals surface area contributed by atoms with E-state index in [2.05, 4.69) is 0 Å². The van der Waals surface area contributed by atoms with Crippen molar-refractivity contribution < 1.29 is 13.2 Å². The summed E-state index contributed by atoms with van der Waals surface area (Å²) in [5.74, 6) is 0. The predicted octanol–water partition coefficient (Wildman–Crippen LogP) is 4.41. The van der Waals surface area contributed by atoms with E-state index >= 15 is 0 Å². The second-order valence-corrected chi connectivity index (χ2v) is 6.03. The number of likely N-dealkylation sites (N-methyl/N-ethyl adjacent to an activating group) is 1. The lowest BCUT2D eigenvalue weighted by atomic mass is 9.99. The molecule has 106 valence electrons. The van der Waals surface area contributed by atoms with Crippen LogP contribution in [-0.2, 0) is 0 Å². The summed E-state index contributed by atoms with van der Waals surface area (Å²) in [5, 5.41) is 0.0379. The lowest BCUT2D eigenvalue weighted by Crippen LogP contribution is -2.45. The highest BCUT2D eigenvalue weighted by molar-refractivity contribution is 8.00. The summed E-state index contributed by atoms with van der Waals surface area (Å²) in [4.78, 5) is 3.18. The summed E-state index contributed by atoms with van der Waals surface area (Å²) in [6, 6.07) is 7.65. The highest BCUT2D eigenvalue weighted by atomic mass is 32.2. The minimum absolute atomic E-state index is 0.0379. The van der Waals surface area contributed by atoms with E-state index < -0.39 is 11.7 Å². The molecular formula is C15H14F3NS. The molecule has 5 heteroatoms. The van der Waals surface area contributed by atoms with Crippen molar-refractivity contribution in [1.82, 2.24) is 0 Å². The Morgan fingerprint density at radius 2 is 2.00 bits per heavy atom. The third kappa shape index (κ3) is 2.24. The Balaban J connectivity index is 2.02. The van der Waals surface area contributed by atoms with Gasteiger partial charge in [-0.15, -0.1) is 11.8 Å². The molecule has 2 atom stereocenters. The molecule has 0 saturated heterocycles. The molecule has 3 rings (SSSR count). The number of nitrogens with zero attached hydrogens (tertiary/aromatic N) is 1. The normalized spacial score (nSPS) is 25.0. The van der Waals surface area contributed by atoms with Crippen LogP contribution in [0.4, 0.5) is 18.9 Å². The van der Waals surface area contributed by atoms with Gasteiger partial charge in [0, 0.05) is 11.4 Å². The van der Waals surface area contributed by atoms with Crippen molar-refractivity contribution in [2.45, 2.75) is 29.3 Å². The Bertz CT molecular complexity index is 577. The van der Waals surface area contributed by atoms with E-state index in [1.165, 1.54) is 12.2 Å². The zero-order valence-electron chi connectivity index (χ0n) is 10.9. The van der Waals surface area contributed by atoms with Gasteiger partial charge in [-0.1, -0.05) is 24.3 Å². The average molecular weight is 297 g/mol. The van der Waals surface area contributed by atoms with Crippen molar-refractivity contribution in [2.75, 3.05) is 11.4 Å². The molecular weight excluding hydrogens is 283 g/mol. The van der Waals surface area contributed by atoms with Crippen molar-refractivity contribution in [1.29, 1.82) is 0 Å². The molecule has 1 aromatic rings. The molecule has 0 saturated carbocycles. The van der Waals surface area contributed by atoms with Crippen LogP contribution in [0.1, 0.15) is 6.92 Å². The third-order valence-corrected chi connectivity index (χ3v) is 4.93. The van der Waals surface area contributed by atoms with Crippen LogP contribution >= 0.6 is 11.8 Å². The summed E-state index contributed by atoms with van der Waals surface area (Å²) < 4.78 is 38.6. The van der Waals surface area contributed by atoms with E-state index in [1.54, 1.807) is 17.8 Å². The van der Waals surface area contributed by atoms with Crippen LogP contribution < -0.4 is 4.90 Å². The zero-order chi connectivity index (χ0) is 14.3. The van der Waals surface area contributed by atoms with Crippen LogP contribution in [0.2, 0.25) is 0 Å². The largest absolute Gasteiger partial charge is 0.416 e. The van der Waals surface area contributed by atoms with Gasteiger partial charge in [0.2, 0.25) is 0 Å². The van der Waals surface area contributed by atoms with Gasteiger partial charge in [0.05, 0.1) is 22.6 Å². The number of allylic oxidation sites excluding steroid dienone is 2. The Labute approximate surface area is 120 Å². The summed E-state index contributed by atoms with van der Waals surface area (Å²) in [5.41, 5.74) is 0.478. The SMILES string of the molecule is CCN1c2ccccc2SC2C=CC(C(F)(F)F)=CC21. The molecule has 0 spiro atoms. The molecule has 0 amide bonds. The number of hydrogen-bond donors (Lipinski definition) is 0. The first-order valence-corrected chi connectivity index (χ1v) is 7.38. The number of para-hydroxylation sites is 1. The molecule has 1 aliphatic heterocycles. The number of benzene rings is 1. The van der Waals surface area contributed by atoms with Crippen LogP contribution in [-0.4, -0.2) is 24.0 Å². The number of halogens is 3. The number of hydrogen-bond acceptors (Lipinski definition) is 2. The van der Waals surface area contributed by atoms with E-state index in [0.717, 1.165) is 10.6 Å². The van der Waals surface area contributed by atoms with Crippen molar-refractivity contribution >= 4 is 17.4 Å². The molecule has 1 aromatic carbocycles. The minimum atomic E-state index is -4.28. The summed E-state index contributed by atoms with van der Waals surface area (Å²) in [6.45, 7) is 2.66. The number of thioether (sulfide) groups is 1. The van der Waals surface area contributed by atoms with Crippen LogP contribution in [0.5, 0.6) is 0 Å². The van der Waals surface area contributed by atoms with Gasteiger partial charge in [-0.05, 0) is 25.1 Å². The van der Waals surface area contributed by atoms with E-state index in [1.807, 2.05) is 36.1 Å². The van der Waals surface area contributed by atoms with Gasteiger partial charge in [-0.25, -0.2) is 0 Å². The maximum absolute atomic E-state index is 12.9. The highest BCUT2D eigenvalue weighted by Crippen LogP contribution is 2.45. The van der Waals surface area contributed by atoms with E-state index in [9.17, 15) is 13.2 Å². The standard InChI is InChI=1S/C15H14F3NS/c1-2-19-11-5-3-4-6-13(11)20-14-8-7-10(9-12(14)19)15(16,17)18/h3-9,12,14H,2H2,1H3. The van der Waals surface area contributed by atoms with Gasteiger partial charge in [0.25, 0.3) is 0 Å². The van der Waals surface area contributed by atoms with Gasteiger partial charge >= 0.3 is 6.18 Å². The van der Waals surface area contributed by atoms with Crippen LogP contribution in [0.15, 0.2) is 53.0 Å². The first-order valence-electron chi connectivity index (χ1n) is 6.50. The molecule has 1 aliphatic carbocycles. The van der Waals surface area contributed by atoms with Gasteiger partial charge in [-0.3, -0.25) is 0 Å². The topological polar surface area (TPSA) is 3.24 Å². The van der Waals surface area contributed by atoms with E-state index in [-0.39, 0.29) is 11.3 Å². The maximum atomic E-state index is 12.9. The lowest BCUT2D eigenvalue weighted by Gasteiger charge is -2.42. The summed E-state index contributed by atoms with van der Waals surface area (Å²) >= 11 is 1.63. The molecule has 1 nitrogen and oxygen atoms in total. The quantitative estimate of drug-likeness (QED) is 0.755. The van der Waals surface area contributed by atoms with Gasteiger partial charge < -0.3 is 4.90 Å². The Morgan fingerprint density at radius 3 is 2.70 bits per heavy atom. The van der Waals surface area contributed by atoms with Gasteiger partial charge in [0.1, 0.15) is 0 Å². The fraction of sp³-hybridized carbons (Fsp3) is 0.333. The molecule has 0 radical (unpaired) electrons. The average Bonchev–Trinajstić information content (AvgIpc) is 2.43. The maximum Gasteiger partial charge on any atom is 0.416 e. The third-order valence-electron chi connectivity index (χ3n) is 3.62. The molecule has 20 heavy (non-hydrogen) atoms. The first-order chi connectivity index (χ1) is 9.50. The fourth-order valence-electron chi connectivity index (χ4n) is 2.69. The number of fused-ring (bicyclic) bond motifs is 2. The lowest BCUT2D eigenvalue weighted by molar-refractivity contribution is -0.0887. The second-order valence-electron chi connectivity index (χ2n) is 4.81.